The summed E-state index contributed by atoms with van der Waals surface area (Å²) in [5.74, 6) is -0.877. The van der Waals surface area contributed by atoms with E-state index in [0.29, 0.717) is 47.8 Å². The van der Waals surface area contributed by atoms with Crippen molar-refractivity contribution in [2.75, 3.05) is 31.5 Å². The van der Waals surface area contributed by atoms with Gasteiger partial charge in [-0.25, -0.2) is 24.1 Å². The number of aromatic amines is 1. The number of fused-ring (bicyclic) bond motifs is 1. The lowest BCUT2D eigenvalue weighted by molar-refractivity contribution is -0.121. The normalized spacial score (nSPS) is 14.5. The Hall–Kier alpha value is -3.47. The molecule has 3 amide bonds. The van der Waals surface area contributed by atoms with Crippen LogP contribution in [0.1, 0.15) is 12.6 Å². The highest BCUT2D eigenvalue weighted by atomic mass is 35.5. The molecule has 1 aliphatic rings. The molecule has 0 saturated carbocycles. The van der Waals surface area contributed by atoms with Crippen LogP contribution in [0.4, 0.5) is 15.0 Å². The Morgan fingerprint density at radius 3 is 3.03 bits per heavy atom. The van der Waals surface area contributed by atoms with Crippen LogP contribution in [0.25, 0.3) is 22.4 Å². The first-order valence-corrected chi connectivity index (χ1v) is 10.0. The highest BCUT2D eigenvalue weighted by Gasteiger charge is 2.21. The van der Waals surface area contributed by atoms with E-state index in [2.05, 4.69) is 35.9 Å². The molecule has 1 aliphatic heterocycles. The SMILES string of the molecule is C[C@H](Nc1nc(-c2c[nH]c3ncc(Cl)cc23)ncc1F)C(=O)NCCN1CCNC1=O.[HH].[HH].[HH].[HH]. The number of nitrogens with one attached hydrogen (secondary N) is 4. The molecule has 3 aromatic heterocycles. The maximum absolute atomic E-state index is 14.3. The van der Waals surface area contributed by atoms with Gasteiger partial charge in [-0.1, -0.05) is 11.6 Å². The van der Waals surface area contributed by atoms with Crippen molar-refractivity contribution >= 4 is 40.4 Å². The number of aromatic nitrogens is 4. The van der Waals surface area contributed by atoms with Gasteiger partial charge in [-0.3, -0.25) is 4.79 Å². The molecule has 0 unspecified atom stereocenters. The van der Waals surface area contributed by atoms with Gasteiger partial charge in [0, 0.05) is 55.2 Å². The molecular formula is C19H28ClFN8O2. The van der Waals surface area contributed by atoms with Crippen LogP contribution >= 0.6 is 11.6 Å². The molecule has 1 fully saturated rings. The van der Waals surface area contributed by atoms with Gasteiger partial charge < -0.3 is 25.8 Å². The summed E-state index contributed by atoms with van der Waals surface area (Å²) in [5.41, 5.74) is 1.20. The minimum Gasteiger partial charge on any atom is -0.356 e. The first-order valence-electron chi connectivity index (χ1n) is 9.65. The summed E-state index contributed by atoms with van der Waals surface area (Å²) in [6.45, 7) is 3.48. The van der Waals surface area contributed by atoms with Crippen LogP contribution in [-0.4, -0.2) is 69.0 Å². The average Bonchev–Trinajstić information content (AvgIpc) is 3.35. The molecule has 1 saturated heterocycles. The zero-order valence-corrected chi connectivity index (χ0v) is 17.3. The van der Waals surface area contributed by atoms with Gasteiger partial charge in [0.25, 0.3) is 0 Å². The summed E-state index contributed by atoms with van der Waals surface area (Å²) in [7, 11) is 0. The summed E-state index contributed by atoms with van der Waals surface area (Å²) < 4.78 is 14.3. The first kappa shape index (κ1) is 20.8. The lowest BCUT2D eigenvalue weighted by Gasteiger charge is -2.17. The first-order chi connectivity index (χ1) is 14.9. The van der Waals surface area contributed by atoms with Gasteiger partial charge in [0.05, 0.1) is 11.2 Å². The standard InChI is InChI=1S/C19H20ClFN8O2.4H2/c1-10(18(30)22-2-4-29-5-3-23-19(29)31)27-17-14(21)9-26-16(28-17)13-8-25-15-12(13)6-11(20)7-24-15;;;;/h6-10H,2-5H2,1H3,(H,22,30)(H,23,31)(H,24,25)(H,26,27,28);4*1H/t10-;;;;/m0..../s1. The Kier molecular flexibility index (Phi) is 5.85. The number of amides is 3. The van der Waals surface area contributed by atoms with Crippen LogP contribution in [0.5, 0.6) is 0 Å². The van der Waals surface area contributed by atoms with Crippen molar-refractivity contribution in [1.29, 1.82) is 0 Å². The fraction of sp³-hybridized carbons (Fsp3) is 0.316. The Labute approximate surface area is 187 Å². The van der Waals surface area contributed by atoms with Crippen LogP contribution in [0, 0.1) is 5.82 Å². The number of carbonyl (C=O) groups is 2. The van der Waals surface area contributed by atoms with Gasteiger partial charge in [0.1, 0.15) is 11.7 Å². The second kappa shape index (κ2) is 8.72. The van der Waals surface area contributed by atoms with Crippen LogP contribution in [0.2, 0.25) is 5.02 Å². The Bertz CT molecular complexity index is 1160. The van der Waals surface area contributed by atoms with Crippen molar-refractivity contribution < 1.29 is 19.7 Å². The number of hydrogen-bond donors (Lipinski definition) is 4. The van der Waals surface area contributed by atoms with E-state index in [0.717, 1.165) is 6.20 Å². The van der Waals surface area contributed by atoms with Crippen LogP contribution in [-0.2, 0) is 4.79 Å². The predicted octanol–water partition coefficient (Wildman–Crippen LogP) is 2.74. The molecule has 0 aliphatic carbocycles. The molecule has 12 heteroatoms. The van der Waals surface area contributed by atoms with Crippen molar-refractivity contribution in [1.82, 2.24) is 35.5 Å². The minimum absolute atomic E-state index is 0. The van der Waals surface area contributed by atoms with Gasteiger partial charge in [-0.15, -0.1) is 0 Å². The topological polar surface area (TPSA) is 128 Å². The average molecular weight is 455 g/mol. The molecule has 4 heterocycles. The largest absolute Gasteiger partial charge is 0.356 e. The third-order valence-corrected chi connectivity index (χ3v) is 5.06. The maximum Gasteiger partial charge on any atom is 0.317 e. The van der Waals surface area contributed by atoms with Crippen molar-refractivity contribution in [3.63, 3.8) is 0 Å². The predicted molar refractivity (Wildman–Crippen MR) is 122 cm³/mol. The number of pyridine rings is 1. The Morgan fingerprint density at radius 1 is 1.42 bits per heavy atom. The second-order valence-corrected chi connectivity index (χ2v) is 7.45. The Morgan fingerprint density at radius 2 is 2.26 bits per heavy atom. The maximum atomic E-state index is 14.3. The zero-order valence-electron chi connectivity index (χ0n) is 16.6. The minimum atomic E-state index is -0.760. The zero-order chi connectivity index (χ0) is 22.0. The monoisotopic (exact) mass is 454 g/mol. The van der Waals surface area contributed by atoms with Crippen molar-refractivity contribution in [3.05, 3.63) is 35.5 Å². The molecule has 4 rings (SSSR count). The summed E-state index contributed by atoms with van der Waals surface area (Å²) in [5, 5.41) is 9.34. The molecule has 31 heavy (non-hydrogen) atoms. The third-order valence-electron chi connectivity index (χ3n) is 4.86. The number of urea groups is 1. The molecule has 170 valence electrons. The lowest BCUT2D eigenvalue weighted by Crippen LogP contribution is -2.42. The summed E-state index contributed by atoms with van der Waals surface area (Å²) >= 11 is 6.03. The van der Waals surface area contributed by atoms with Crippen LogP contribution in [0.3, 0.4) is 0 Å². The van der Waals surface area contributed by atoms with Gasteiger partial charge in [-0.05, 0) is 13.0 Å². The molecule has 3 aromatic rings. The van der Waals surface area contributed by atoms with Crippen LogP contribution in [0.15, 0.2) is 24.7 Å². The molecular weight excluding hydrogens is 427 g/mol. The second-order valence-electron chi connectivity index (χ2n) is 7.02. The summed E-state index contributed by atoms with van der Waals surface area (Å²) in [6, 6.07) is 0.806. The van der Waals surface area contributed by atoms with E-state index in [1.165, 1.54) is 6.20 Å². The van der Waals surface area contributed by atoms with E-state index in [1.54, 1.807) is 24.1 Å². The highest BCUT2D eigenvalue weighted by molar-refractivity contribution is 6.31. The third kappa shape index (κ3) is 4.50. The number of halogens is 2. The van der Waals surface area contributed by atoms with Crippen LogP contribution < -0.4 is 16.0 Å². The molecule has 0 spiro atoms. The van der Waals surface area contributed by atoms with E-state index in [-0.39, 0.29) is 29.3 Å². The number of anilines is 1. The van der Waals surface area contributed by atoms with Crippen molar-refractivity contribution in [3.8, 4) is 11.4 Å². The number of nitrogens with zero attached hydrogens (tertiary/aromatic N) is 4. The van der Waals surface area contributed by atoms with E-state index < -0.39 is 11.9 Å². The molecule has 0 radical (unpaired) electrons. The molecule has 0 aromatic carbocycles. The lowest BCUT2D eigenvalue weighted by atomic mass is 10.2. The summed E-state index contributed by atoms with van der Waals surface area (Å²) in [6.07, 6.45) is 4.22. The van der Waals surface area contributed by atoms with E-state index in [1.807, 2.05) is 0 Å². The van der Waals surface area contributed by atoms with E-state index >= 15 is 0 Å². The number of hydrogen-bond acceptors (Lipinski definition) is 6. The fourth-order valence-electron chi connectivity index (χ4n) is 3.22. The smallest absolute Gasteiger partial charge is 0.317 e. The quantitative estimate of drug-likeness (QED) is 0.434. The van der Waals surface area contributed by atoms with Gasteiger partial charge in [0.15, 0.2) is 17.5 Å². The van der Waals surface area contributed by atoms with Crippen molar-refractivity contribution in [2.45, 2.75) is 13.0 Å². The van der Waals surface area contributed by atoms with Crippen molar-refractivity contribution in [2.24, 2.45) is 0 Å². The van der Waals surface area contributed by atoms with E-state index in [9.17, 15) is 14.0 Å². The fourth-order valence-corrected chi connectivity index (χ4v) is 3.38. The molecule has 1 atom stereocenters. The highest BCUT2D eigenvalue weighted by Crippen LogP contribution is 2.28. The van der Waals surface area contributed by atoms with E-state index in [4.69, 9.17) is 11.6 Å². The van der Waals surface area contributed by atoms with Gasteiger partial charge in [-0.2, -0.15) is 0 Å². The summed E-state index contributed by atoms with van der Waals surface area (Å²) in [4.78, 5) is 41.0. The molecule has 4 N–H and O–H groups in total. The Balaban J connectivity index is 0.00000289. The number of rotatable bonds is 7. The number of H-pyrrole nitrogens is 1. The van der Waals surface area contributed by atoms with Gasteiger partial charge >= 0.3 is 6.03 Å². The molecule has 10 nitrogen and oxygen atoms in total. The van der Waals surface area contributed by atoms with Gasteiger partial charge in [0.2, 0.25) is 5.91 Å². The number of carbonyl (C=O) groups excluding carboxylic acids is 2. The molecule has 0 bridgehead atoms.